The molecule has 3 N–H and O–H groups in total. The molecule has 1 aromatic heterocycles. The zero-order valence-electron chi connectivity index (χ0n) is 9.98. The largest absolute Gasteiger partial charge is 0.368 e. The van der Waals surface area contributed by atoms with E-state index in [4.69, 9.17) is 17.3 Å². The molecule has 7 heteroatoms. The monoisotopic (exact) mass is 359 g/mol. The number of nitrogens with two attached hydrogens (primary N) is 1. The lowest BCUT2D eigenvalue weighted by atomic mass is 10.2. The predicted molar refractivity (Wildman–Crippen MR) is 81.6 cm³/mol. The maximum atomic E-state index is 11.6. The molecule has 1 aromatic carbocycles. The Balaban J connectivity index is 2.26. The molecule has 0 aliphatic carbocycles. The first-order valence-corrected chi connectivity index (χ1v) is 7.45. The molecule has 0 spiro atoms. The first-order valence-electron chi connectivity index (χ1n) is 5.40. The number of rotatable bonds is 4. The Hall–Kier alpha value is -1.11. The quantitative estimate of drug-likeness (QED) is 0.876. The van der Waals surface area contributed by atoms with Crippen LogP contribution < -0.4 is 11.1 Å². The summed E-state index contributed by atoms with van der Waals surface area (Å²) in [6, 6.07) is 4.66. The number of thiazole rings is 1. The van der Waals surface area contributed by atoms with Crippen LogP contribution in [0.5, 0.6) is 0 Å². The van der Waals surface area contributed by atoms with E-state index in [1.165, 1.54) is 11.3 Å². The Kier molecular flexibility index (Phi) is 4.44. The highest BCUT2D eigenvalue weighted by molar-refractivity contribution is 9.10. The molecule has 0 aliphatic heterocycles. The number of carbonyl (C=O) groups is 1. The number of hydrogen-bond acceptors (Lipinski definition) is 4. The third kappa shape index (κ3) is 3.46. The molecule has 1 heterocycles. The van der Waals surface area contributed by atoms with Crippen molar-refractivity contribution in [2.24, 2.45) is 5.73 Å². The molecule has 0 bridgehead atoms. The molecule has 1 atom stereocenters. The molecule has 1 amide bonds. The third-order valence-electron chi connectivity index (χ3n) is 2.40. The number of anilines is 1. The molecule has 2 rings (SSSR count). The first kappa shape index (κ1) is 14.3. The summed E-state index contributed by atoms with van der Waals surface area (Å²) in [6.45, 7) is 1.87. The van der Waals surface area contributed by atoms with Crippen LogP contribution in [0.3, 0.4) is 0 Å². The normalized spacial score (nSPS) is 12.2. The minimum Gasteiger partial charge on any atom is -0.368 e. The number of carbonyl (C=O) groups excluding carboxylic acids is 1. The van der Waals surface area contributed by atoms with Gasteiger partial charge in [-0.25, -0.2) is 4.98 Å². The van der Waals surface area contributed by atoms with Crippen LogP contribution in [-0.2, 0) is 4.79 Å². The Labute approximate surface area is 128 Å². The second-order valence-electron chi connectivity index (χ2n) is 3.94. The number of aromatic nitrogens is 1. The summed E-state index contributed by atoms with van der Waals surface area (Å²) in [5, 5.41) is 6.19. The Morgan fingerprint density at radius 3 is 2.84 bits per heavy atom. The number of amides is 1. The number of nitrogens with zero attached hydrogens (tertiary/aromatic N) is 1. The van der Waals surface area contributed by atoms with Crippen LogP contribution in [0.25, 0.3) is 0 Å². The summed E-state index contributed by atoms with van der Waals surface area (Å²) in [5.74, 6) is -0.472. The van der Waals surface area contributed by atoms with Gasteiger partial charge in [0.2, 0.25) is 5.91 Å². The van der Waals surface area contributed by atoms with E-state index in [2.05, 4.69) is 26.2 Å². The Morgan fingerprint density at radius 1 is 1.58 bits per heavy atom. The van der Waals surface area contributed by atoms with Crippen LogP contribution in [0.2, 0.25) is 5.02 Å². The minimum absolute atomic E-state index is 0.472. The van der Waals surface area contributed by atoms with E-state index in [0.717, 1.165) is 15.9 Å². The van der Waals surface area contributed by atoms with Crippen LogP contribution in [0.1, 0.15) is 16.7 Å². The van der Waals surface area contributed by atoms with Gasteiger partial charge in [0.15, 0.2) is 6.04 Å². The van der Waals surface area contributed by atoms with Gasteiger partial charge in [0.1, 0.15) is 5.01 Å². The van der Waals surface area contributed by atoms with Gasteiger partial charge in [0, 0.05) is 21.2 Å². The van der Waals surface area contributed by atoms with Crippen molar-refractivity contribution in [3.63, 3.8) is 0 Å². The third-order valence-corrected chi connectivity index (χ3v) is 4.64. The van der Waals surface area contributed by atoms with Crippen molar-refractivity contribution in [3.05, 3.63) is 43.8 Å². The van der Waals surface area contributed by atoms with Gasteiger partial charge in [-0.3, -0.25) is 4.79 Å². The number of halogens is 2. The van der Waals surface area contributed by atoms with Crippen molar-refractivity contribution in [3.8, 4) is 0 Å². The average Bonchev–Trinajstić information content (AvgIpc) is 2.76. The number of aryl methyl sites for hydroxylation is 1. The van der Waals surface area contributed by atoms with E-state index in [9.17, 15) is 4.79 Å². The SMILES string of the molecule is Cc1csc(C(Nc2ccc(Cl)c(Br)c2)C(N)=O)n1. The average molecular weight is 361 g/mol. The molecule has 0 saturated heterocycles. The molecule has 0 saturated carbocycles. The van der Waals surface area contributed by atoms with Gasteiger partial charge in [-0.2, -0.15) is 0 Å². The number of nitrogens with one attached hydrogen (secondary N) is 1. The Morgan fingerprint density at radius 2 is 2.32 bits per heavy atom. The lowest BCUT2D eigenvalue weighted by Crippen LogP contribution is -2.27. The van der Waals surface area contributed by atoms with Gasteiger partial charge in [-0.05, 0) is 41.1 Å². The van der Waals surface area contributed by atoms with E-state index in [-0.39, 0.29) is 0 Å². The lowest BCUT2D eigenvalue weighted by molar-refractivity contribution is -0.118. The van der Waals surface area contributed by atoms with E-state index >= 15 is 0 Å². The van der Waals surface area contributed by atoms with Crippen molar-refractivity contribution in [1.29, 1.82) is 0 Å². The topological polar surface area (TPSA) is 68.0 Å². The van der Waals surface area contributed by atoms with Gasteiger partial charge in [-0.1, -0.05) is 11.6 Å². The van der Waals surface area contributed by atoms with Crippen LogP contribution >= 0.6 is 38.9 Å². The van der Waals surface area contributed by atoms with Crippen molar-refractivity contribution < 1.29 is 4.79 Å². The second kappa shape index (κ2) is 5.90. The maximum absolute atomic E-state index is 11.6. The molecule has 1 unspecified atom stereocenters. The van der Waals surface area contributed by atoms with Gasteiger partial charge < -0.3 is 11.1 Å². The van der Waals surface area contributed by atoms with Crippen molar-refractivity contribution in [1.82, 2.24) is 4.98 Å². The molecule has 19 heavy (non-hydrogen) atoms. The molecule has 0 fully saturated rings. The van der Waals surface area contributed by atoms with Gasteiger partial charge in [-0.15, -0.1) is 11.3 Å². The van der Waals surface area contributed by atoms with E-state index < -0.39 is 11.9 Å². The fourth-order valence-corrected chi connectivity index (χ4v) is 2.86. The highest BCUT2D eigenvalue weighted by Crippen LogP contribution is 2.28. The summed E-state index contributed by atoms with van der Waals surface area (Å²) in [5.41, 5.74) is 7.03. The highest BCUT2D eigenvalue weighted by Gasteiger charge is 2.21. The zero-order chi connectivity index (χ0) is 14.0. The van der Waals surface area contributed by atoms with Gasteiger partial charge in [0.05, 0.1) is 5.02 Å². The van der Waals surface area contributed by atoms with Crippen molar-refractivity contribution in [2.75, 3.05) is 5.32 Å². The molecule has 2 aromatic rings. The smallest absolute Gasteiger partial charge is 0.247 e. The van der Waals surface area contributed by atoms with E-state index in [0.29, 0.717) is 10.0 Å². The van der Waals surface area contributed by atoms with Crippen LogP contribution in [0, 0.1) is 6.92 Å². The maximum Gasteiger partial charge on any atom is 0.247 e. The molecule has 100 valence electrons. The molecule has 0 radical (unpaired) electrons. The predicted octanol–water partition coefficient (Wildman–Crippen LogP) is 3.51. The minimum atomic E-state index is -0.647. The number of benzene rings is 1. The van der Waals surface area contributed by atoms with Gasteiger partial charge in [0.25, 0.3) is 0 Å². The van der Waals surface area contributed by atoms with Crippen molar-refractivity contribution >= 4 is 50.5 Å². The molecule has 0 aliphatic rings. The van der Waals surface area contributed by atoms with Gasteiger partial charge >= 0.3 is 0 Å². The zero-order valence-corrected chi connectivity index (χ0v) is 13.1. The summed E-state index contributed by atoms with van der Waals surface area (Å²) < 4.78 is 0.748. The molecular formula is C12H11BrClN3OS. The number of hydrogen-bond donors (Lipinski definition) is 2. The second-order valence-corrected chi connectivity index (χ2v) is 6.09. The van der Waals surface area contributed by atoms with E-state index in [1.54, 1.807) is 18.2 Å². The standard InChI is InChI=1S/C12H11BrClN3OS/c1-6-5-19-12(16-6)10(11(15)18)17-7-2-3-9(14)8(13)4-7/h2-5,10,17H,1H3,(H2,15,18). The molecular weight excluding hydrogens is 350 g/mol. The Bertz CT molecular complexity index is 617. The van der Waals surface area contributed by atoms with Crippen LogP contribution in [0.15, 0.2) is 28.1 Å². The number of primary amides is 1. The van der Waals surface area contributed by atoms with Crippen molar-refractivity contribution in [2.45, 2.75) is 13.0 Å². The fourth-order valence-electron chi connectivity index (χ4n) is 1.51. The molecule has 4 nitrogen and oxygen atoms in total. The van der Waals surface area contributed by atoms with Crippen LogP contribution in [0.4, 0.5) is 5.69 Å². The summed E-state index contributed by atoms with van der Waals surface area (Å²) in [6.07, 6.45) is 0. The first-order chi connectivity index (χ1) is 8.97. The van der Waals surface area contributed by atoms with E-state index in [1.807, 2.05) is 12.3 Å². The summed E-state index contributed by atoms with van der Waals surface area (Å²) >= 11 is 10.7. The highest BCUT2D eigenvalue weighted by atomic mass is 79.9. The van der Waals surface area contributed by atoms with Crippen LogP contribution in [-0.4, -0.2) is 10.9 Å². The summed E-state index contributed by atoms with van der Waals surface area (Å²) in [7, 11) is 0. The fraction of sp³-hybridized carbons (Fsp3) is 0.167. The lowest BCUT2D eigenvalue weighted by Gasteiger charge is -2.14. The summed E-state index contributed by atoms with van der Waals surface area (Å²) in [4.78, 5) is 15.8.